The molecule has 0 fully saturated rings. The molecule has 2 amide bonds. The maximum absolute atomic E-state index is 13.5. The minimum atomic E-state index is -0.566. The molecule has 150 valence electrons. The van der Waals surface area contributed by atoms with Crippen LogP contribution in [-0.2, 0) is 9.59 Å². The van der Waals surface area contributed by atoms with Gasteiger partial charge in [0, 0.05) is 10.7 Å². The third-order valence-corrected chi connectivity index (χ3v) is 4.88. The van der Waals surface area contributed by atoms with Gasteiger partial charge < -0.3 is 10.1 Å². The summed E-state index contributed by atoms with van der Waals surface area (Å²) in [5.74, 6) is -1.25. The lowest BCUT2D eigenvalue weighted by Gasteiger charge is -2.18. The van der Waals surface area contributed by atoms with E-state index < -0.39 is 17.6 Å². The highest BCUT2D eigenvalue weighted by Crippen LogP contribution is 2.39. The van der Waals surface area contributed by atoms with Crippen molar-refractivity contribution in [1.29, 1.82) is 0 Å². The van der Waals surface area contributed by atoms with Gasteiger partial charge in [-0.15, -0.1) is 0 Å². The minimum absolute atomic E-state index is 0.0832. The Labute approximate surface area is 177 Å². The van der Waals surface area contributed by atoms with Gasteiger partial charge in [0.15, 0.2) is 0 Å². The molecule has 1 aliphatic rings. The molecule has 1 heterocycles. The van der Waals surface area contributed by atoms with E-state index in [1.54, 1.807) is 36.4 Å². The molecule has 0 radical (unpaired) electrons. The number of nitrogens with zero attached hydrogens (tertiary/aromatic N) is 1. The third-order valence-electron chi connectivity index (χ3n) is 4.64. The van der Waals surface area contributed by atoms with E-state index in [2.05, 4.69) is 5.32 Å². The van der Waals surface area contributed by atoms with Gasteiger partial charge >= 0.3 is 0 Å². The lowest BCUT2D eigenvalue weighted by Crippen LogP contribution is -2.32. The largest absolute Gasteiger partial charge is 0.495 e. The first-order valence-corrected chi connectivity index (χ1v) is 9.42. The first-order chi connectivity index (χ1) is 14.5. The van der Waals surface area contributed by atoms with Crippen molar-refractivity contribution in [2.45, 2.75) is 0 Å². The highest BCUT2D eigenvalue weighted by molar-refractivity contribution is 6.46. The quantitative estimate of drug-likeness (QED) is 0.595. The summed E-state index contributed by atoms with van der Waals surface area (Å²) < 4.78 is 18.8. The number of ether oxygens (including phenoxy) is 1. The van der Waals surface area contributed by atoms with E-state index in [0.29, 0.717) is 22.0 Å². The van der Waals surface area contributed by atoms with Gasteiger partial charge in [0.1, 0.15) is 17.3 Å². The number of carbonyl (C=O) groups excluding carboxylic acids is 2. The topological polar surface area (TPSA) is 58.6 Å². The van der Waals surface area contributed by atoms with E-state index in [9.17, 15) is 14.0 Å². The molecule has 0 saturated carbocycles. The molecule has 0 saturated heterocycles. The number of carbonyl (C=O) groups is 2. The molecule has 0 unspecified atom stereocenters. The number of imide groups is 1. The predicted octanol–water partition coefficient (Wildman–Crippen LogP) is 4.88. The Balaban J connectivity index is 1.86. The number of nitrogens with one attached hydrogen (secondary N) is 1. The second kappa shape index (κ2) is 8.00. The molecule has 0 atom stereocenters. The van der Waals surface area contributed by atoms with Crippen LogP contribution in [-0.4, -0.2) is 18.9 Å². The summed E-state index contributed by atoms with van der Waals surface area (Å²) >= 11 is 6.11. The van der Waals surface area contributed by atoms with Gasteiger partial charge in [-0.25, -0.2) is 9.29 Å². The van der Waals surface area contributed by atoms with Crippen LogP contribution >= 0.6 is 11.6 Å². The molecule has 3 aromatic carbocycles. The van der Waals surface area contributed by atoms with E-state index in [1.165, 1.54) is 37.4 Å². The molecule has 0 bridgehead atoms. The summed E-state index contributed by atoms with van der Waals surface area (Å²) in [6, 6.07) is 19.1. The smallest absolute Gasteiger partial charge is 0.282 e. The van der Waals surface area contributed by atoms with Crippen molar-refractivity contribution >= 4 is 40.4 Å². The molecular weight excluding hydrogens is 407 g/mol. The number of hydrogen-bond acceptors (Lipinski definition) is 4. The minimum Gasteiger partial charge on any atom is -0.495 e. The van der Waals surface area contributed by atoms with Crippen LogP contribution in [0.25, 0.3) is 5.57 Å². The number of methoxy groups -OCH3 is 1. The fraction of sp³-hybridized carbons (Fsp3) is 0.0435. The first kappa shape index (κ1) is 19.7. The molecule has 1 aliphatic heterocycles. The van der Waals surface area contributed by atoms with Crippen LogP contribution in [0.2, 0.25) is 5.02 Å². The van der Waals surface area contributed by atoms with Gasteiger partial charge in [0.05, 0.1) is 18.4 Å². The predicted molar refractivity (Wildman–Crippen MR) is 114 cm³/mol. The Morgan fingerprint density at radius 1 is 0.933 bits per heavy atom. The van der Waals surface area contributed by atoms with Crippen LogP contribution in [0, 0.1) is 5.82 Å². The van der Waals surface area contributed by atoms with Crippen LogP contribution in [0.15, 0.2) is 78.5 Å². The van der Waals surface area contributed by atoms with Crippen molar-refractivity contribution in [3.05, 3.63) is 94.9 Å². The second-order valence-electron chi connectivity index (χ2n) is 6.51. The van der Waals surface area contributed by atoms with Crippen LogP contribution in [0.5, 0.6) is 5.75 Å². The summed E-state index contributed by atoms with van der Waals surface area (Å²) in [4.78, 5) is 27.8. The number of para-hydroxylation sites is 1. The van der Waals surface area contributed by atoms with Crippen LogP contribution in [0.1, 0.15) is 5.56 Å². The highest BCUT2D eigenvalue weighted by Gasteiger charge is 2.41. The molecular formula is C23H16ClFN2O3. The van der Waals surface area contributed by atoms with E-state index >= 15 is 0 Å². The van der Waals surface area contributed by atoms with Crippen molar-refractivity contribution in [3.8, 4) is 5.75 Å². The zero-order valence-electron chi connectivity index (χ0n) is 15.9. The maximum atomic E-state index is 13.5. The van der Waals surface area contributed by atoms with Crippen LogP contribution in [0.4, 0.5) is 15.8 Å². The normalized spacial score (nSPS) is 13.8. The molecule has 7 heteroatoms. The van der Waals surface area contributed by atoms with Crippen LogP contribution in [0.3, 0.4) is 0 Å². The van der Waals surface area contributed by atoms with Gasteiger partial charge in [0.2, 0.25) is 0 Å². The molecule has 0 aromatic heterocycles. The molecule has 5 nitrogen and oxygen atoms in total. The standard InChI is InChI=1S/C23H16ClFN2O3/c1-30-19-12-9-15(24)13-18(19)27-22(28)20(14-7-10-16(25)11-8-14)21(23(27)29)26-17-5-3-2-4-6-17/h2-13,26H,1H3. The average molecular weight is 423 g/mol. The summed E-state index contributed by atoms with van der Waals surface area (Å²) in [6.07, 6.45) is 0. The van der Waals surface area contributed by atoms with Gasteiger partial charge in [0.25, 0.3) is 11.8 Å². The lowest BCUT2D eigenvalue weighted by molar-refractivity contribution is -0.120. The molecule has 1 N–H and O–H groups in total. The number of anilines is 2. The summed E-state index contributed by atoms with van der Waals surface area (Å²) in [5, 5.41) is 3.38. The fourth-order valence-corrected chi connectivity index (χ4v) is 3.42. The second-order valence-corrected chi connectivity index (χ2v) is 6.95. The van der Waals surface area contributed by atoms with E-state index in [4.69, 9.17) is 16.3 Å². The molecule has 3 aromatic rings. The van der Waals surface area contributed by atoms with Gasteiger partial charge in [-0.2, -0.15) is 0 Å². The monoisotopic (exact) mass is 422 g/mol. The summed E-state index contributed by atoms with van der Waals surface area (Å²) in [5.41, 5.74) is 1.49. The van der Waals surface area contributed by atoms with Gasteiger partial charge in [-0.1, -0.05) is 41.9 Å². The van der Waals surface area contributed by atoms with E-state index in [-0.39, 0.29) is 17.0 Å². The first-order valence-electron chi connectivity index (χ1n) is 9.04. The van der Waals surface area contributed by atoms with Crippen molar-refractivity contribution in [1.82, 2.24) is 0 Å². The summed E-state index contributed by atoms with van der Waals surface area (Å²) in [6.45, 7) is 0. The Hall–Kier alpha value is -3.64. The zero-order chi connectivity index (χ0) is 21.3. The van der Waals surface area contributed by atoms with Crippen molar-refractivity contribution in [2.75, 3.05) is 17.3 Å². The maximum Gasteiger partial charge on any atom is 0.282 e. The number of hydrogen-bond donors (Lipinski definition) is 1. The molecule has 0 spiro atoms. The fourth-order valence-electron chi connectivity index (χ4n) is 3.25. The van der Waals surface area contributed by atoms with Crippen LogP contribution < -0.4 is 15.0 Å². The Kier molecular flexibility index (Phi) is 5.25. The van der Waals surface area contributed by atoms with Crippen molar-refractivity contribution < 1.29 is 18.7 Å². The third kappa shape index (κ3) is 3.53. The number of rotatable bonds is 5. The number of amides is 2. The van der Waals surface area contributed by atoms with Gasteiger partial charge in [-0.3, -0.25) is 9.59 Å². The highest BCUT2D eigenvalue weighted by atomic mass is 35.5. The molecule has 0 aliphatic carbocycles. The number of halogens is 2. The average Bonchev–Trinajstić information content (AvgIpc) is 2.99. The van der Waals surface area contributed by atoms with E-state index in [0.717, 1.165) is 4.90 Å². The lowest BCUT2D eigenvalue weighted by atomic mass is 10.0. The molecule has 30 heavy (non-hydrogen) atoms. The van der Waals surface area contributed by atoms with Gasteiger partial charge in [-0.05, 0) is 48.0 Å². The zero-order valence-corrected chi connectivity index (χ0v) is 16.6. The Morgan fingerprint density at radius 2 is 1.63 bits per heavy atom. The van der Waals surface area contributed by atoms with E-state index in [1.807, 2.05) is 6.07 Å². The number of benzene rings is 3. The Morgan fingerprint density at radius 3 is 2.30 bits per heavy atom. The SMILES string of the molecule is COc1ccc(Cl)cc1N1C(=O)C(Nc2ccccc2)=C(c2ccc(F)cc2)C1=O. The Bertz CT molecular complexity index is 1160. The summed E-state index contributed by atoms with van der Waals surface area (Å²) in [7, 11) is 1.44. The molecule has 4 rings (SSSR count). The van der Waals surface area contributed by atoms with Crippen molar-refractivity contribution in [2.24, 2.45) is 0 Å². The van der Waals surface area contributed by atoms with Crippen molar-refractivity contribution in [3.63, 3.8) is 0 Å².